The number of rotatable bonds is 8. The maximum atomic E-state index is 13.6. The van der Waals surface area contributed by atoms with Crippen molar-refractivity contribution in [3.05, 3.63) is 94.8 Å². The highest BCUT2D eigenvalue weighted by Crippen LogP contribution is 2.36. The average Bonchev–Trinajstić information content (AvgIpc) is 3.39. The third-order valence-corrected chi connectivity index (χ3v) is 7.17. The van der Waals surface area contributed by atoms with Crippen LogP contribution in [0.1, 0.15) is 52.5 Å². The van der Waals surface area contributed by atoms with Crippen LogP contribution in [0.25, 0.3) is 0 Å². The van der Waals surface area contributed by atoms with Gasteiger partial charge in [-0.3, -0.25) is 9.69 Å². The Bertz CT molecular complexity index is 1100. The number of nitrogens with zero attached hydrogens (tertiary/aromatic N) is 3. The van der Waals surface area contributed by atoms with Crippen LogP contribution < -0.4 is 0 Å². The number of carbonyl (C=O) groups excluding carboxylic acids is 1. The molecule has 1 amide bonds. The lowest BCUT2D eigenvalue weighted by atomic mass is 9.86. The summed E-state index contributed by atoms with van der Waals surface area (Å²) in [5.41, 5.74) is 6.07. The molecule has 2 unspecified atom stereocenters. The molecule has 2 aromatic carbocycles. The standard InChI is InChI=1S/C30H39N3O/c1-22(2)17-33(30(34)25-14-12-23(3)13-15-25)19-26-18-32(20-27-10-8-16-31(27)5)21-29(26)28-11-7-6-9-24(28)4/h6-16,22,26,29H,17-21H2,1-5H3. The highest BCUT2D eigenvalue weighted by molar-refractivity contribution is 5.94. The molecule has 3 aromatic rings. The number of hydrogen-bond acceptors (Lipinski definition) is 2. The second-order valence-electron chi connectivity index (χ2n) is 10.5. The summed E-state index contributed by atoms with van der Waals surface area (Å²) in [4.78, 5) is 18.3. The van der Waals surface area contributed by atoms with Crippen molar-refractivity contribution < 1.29 is 4.79 Å². The van der Waals surface area contributed by atoms with Gasteiger partial charge in [0.25, 0.3) is 5.91 Å². The van der Waals surface area contributed by atoms with E-state index in [1.807, 2.05) is 24.3 Å². The van der Waals surface area contributed by atoms with Gasteiger partial charge in [-0.1, -0.05) is 55.8 Å². The molecule has 0 saturated carbocycles. The molecule has 0 aliphatic carbocycles. The summed E-state index contributed by atoms with van der Waals surface area (Å²) < 4.78 is 2.21. The summed E-state index contributed by atoms with van der Waals surface area (Å²) in [5.74, 6) is 1.39. The Hall–Kier alpha value is -2.85. The van der Waals surface area contributed by atoms with E-state index in [2.05, 4.69) is 91.7 Å². The van der Waals surface area contributed by atoms with E-state index in [9.17, 15) is 4.79 Å². The maximum absolute atomic E-state index is 13.6. The van der Waals surface area contributed by atoms with Crippen molar-refractivity contribution in [2.75, 3.05) is 26.2 Å². The zero-order valence-electron chi connectivity index (χ0n) is 21.4. The molecule has 0 spiro atoms. The molecule has 4 nitrogen and oxygen atoms in total. The lowest BCUT2D eigenvalue weighted by Crippen LogP contribution is -2.39. The molecule has 180 valence electrons. The SMILES string of the molecule is Cc1ccc(C(=O)N(CC(C)C)CC2CN(Cc3cccn3C)CC2c2ccccc2C)cc1. The lowest BCUT2D eigenvalue weighted by molar-refractivity contribution is 0.0703. The Morgan fingerprint density at radius 3 is 2.38 bits per heavy atom. The number of amides is 1. The first-order valence-electron chi connectivity index (χ1n) is 12.6. The van der Waals surface area contributed by atoms with Gasteiger partial charge in [-0.2, -0.15) is 0 Å². The molecule has 1 saturated heterocycles. The van der Waals surface area contributed by atoms with Crippen LogP contribution in [0.15, 0.2) is 66.9 Å². The molecule has 1 aromatic heterocycles. The van der Waals surface area contributed by atoms with Gasteiger partial charge < -0.3 is 9.47 Å². The summed E-state index contributed by atoms with van der Waals surface area (Å²) in [5, 5.41) is 0. The molecule has 4 rings (SSSR count). The van der Waals surface area contributed by atoms with Crippen molar-refractivity contribution in [1.82, 2.24) is 14.4 Å². The minimum Gasteiger partial charge on any atom is -0.353 e. The van der Waals surface area contributed by atoms with Crippen LogP contribution in [0.3, 0.4) is 0 Å². The Labute approximate surface area is 205 Å². The van der Waals surface area contributed by atoms with Crippen molar-refractivity contribution in [2.24, 2.45) is 18.9 Å². The van der Waals surface area contributed by atoms with Crippen molar-refractivity contribution in [3.8, 4) is 0 Å². The Kier molecular flexibility index (Phi) is 7.57. The van der Waals surface area contributed by atoms with Gasteiger partial charge in [0.2, 0.25) is 0 Å². The van der Waals surface area contributed by atoms with Crippen LogP contribution in [-0.4, -0.2) is 46.5 Å². The molecule has 0 radical (unpaired) electrons. The molecule has 1 aliphatic heterocycles. The van der Waals surface area contributed by atoms with Crippen LogP contribution in [0.4, 0.5) is 0 Å². The Balaban J connectivity index is 1.60. The largest absolute Gasteiger partial charge is 0.353 e. The fourth-order valence-electron chi connectivity index (χ4n) is 5.36. The van der Waals surface area contributed by atoms with Gasteiger partial charge in [0.05, 0.1) is 0 Å². The molecule has 34 heavy (non-hydrogen) atoms. The van der Waals surface area contributed by atoms with Gasteiger partial charge in [-0.15, -0.1) is 0 Å². The van der Waals surface area contributed by atoms with E-state index < -0.39 is 0 Å². The van der Waals surface area contributed by atoms with E-state index in [1.165, 1.54) is 22.4 Å². The van der Waals surface area contributed by atoms with Crippen molar-refractivity contribution in [1.29, 1.82) is 0 Å². The van der Waals surface area contributed by atoms with Crippen molar-refractivity contribution >= 4 is 5.91 Å². The van der Waals surface area contributed by atoms with Crippen LogP contribution in [0.2, 0.25) is 0 Å². The molecule has 2 atom stereocenters. The van der Waals surface area contributed by atoms with Gasteiger partial charge in [-0.25, -0.2) is 0 Å². The Morgan fingerprint density at radius 1 is 1.00 bits per heavy atom. The first-order chi connectivity index (χ1) is 16.3. The van der Waals surface area contributed by atoms with Gasteiger partial charge in [-0.05, 0) is 61.1 Å². The Morgan fingerprint density at radius 2 is 1.74 bits per heavy atom. The van der Waals surface area contributed by atoms with E-state index in [1.54, 1.807) is 0 Å². The zero-order valence-corrected chi connectivity index (χ0v) is 21.4. The average molecular weight is 458 g/mol. The van der Waals surface area contributed by atoms with Gasteiger partial charge in [0.1, 0.15) is 0 Å². The van der Waals surface area contributed by atoms with Crippen LogP contribution >= 0.6 is 0 Å². The molecule has 4 heteroatoms. The van der Waals surface area contributed by atoms with E-state index in [-0.39, 0.29) is 5.91 Å². The van der Waals surface area contributed by atoms with Gasteiger partial charge in [0, 0.05) is 63.1 Å². The van der Waals surface area contributed by atoms with Crippen molar-refractivity contribution in [3.63, 3.8) is 0 Å². The molecule has 1 aliphatic rings. The maximum Gasteiger partial charge on any atom is 0.253 e. The lowest BCUT2D eigenvalue weighted by Gasteiger charge is -2.30. The number of benzene rings is 2. The third kappa shape index (κ3) is 5.61. The normalized spacial score (nSPS) is 18.5. The fourth-order valence-corrected chi connectivity index (χ4v) is 5.36. The minimum atomic E-state index is 0.151. The number of aryl methyl sites for hydroxylation is 3. The highest BCUT2D eigenvalue weighted by Gasteiger charge is 2.36. The molecule has 0 bridgehead atoms. The molecular weight excluding hydrogens is 418 g/mol. The molecular formula is C30H39N3O. The van der Waals surface area contributed by atoms with Gasteiger partial charge >= 0.3 is 0 Å². The van der Waals surface area contributed by atoms with Gasteiger partial charge in [0.15, 0.2) is 0 Å². The van der Waals surface area contributed by atoms with E-state index in [0.29, 0.717) is 17.8 Å². The molecule has 2 heterocycles. The van der Waals surface area contributed by atoms with E-state index in [4.69, 9.17) is 0 Å². The summed E-state index contributed by atoms with van der Waals surface area (Å²) in [6.45, 7) is 13.2. The molecule has 1 fully saturated rings. The zero-order chi connectivity index (χ0) is 24.2. The first-order valence-corrected chi connectivity index (χ1v) is 12.6. The fraction of sp³-hybridized carbons (Fsp3) is 0.433. The van der Waals surface area contributed by atoms with E-state index in [0.717, 1.165) is 38.3 Å². The second kappa shape index (κ2) is 10.6. The summed E-state index contributed by atoms with van der Waals surface area (Å²) in [6, 6.07) is 21.1. The number of carbonyl (C=O) groups is 1. The monoisotopic (exact) mass is 457 g/mol. The summed E-state index contributed by atoms with van der Waals surface area (Å²) in [6.07, 6.45) is 2.12. The number of likely N-dealkylation sites (tertiary alicyclic amines) is 1. The smallest absolute Gasteiger partial charge is 0.253 e. The van der Waals surface area contributed by atoms with Crippen LogP contribution in [-0.2, 0) is 13.6 Å². The summed E-state index contributed by atoms with van der Waals surface area (Å²) in [7, 11) is 2.12. The molecule has 0 N–H and O–H groups in total. The van der Waals surface area contributed by atoms with Crippen LogP contribution in [0, 0.1) is 25.7 Å². The highest BCUT2D eigenvalue weighted by atomic mass is 16.2. The second-order valence-corrected chi connectivity index (χ2v) is 10.5. The van der Waals surface area contributed by atoms with E-state index >= 15 is 0 Å². The predicted octanol–water partition coefficient (Wildman–Crippen LogP) is 5.66. The van der Waals surface area contributed by atoms with Crippen LogP contribution in [0.5, 0.6) is 0 Å². The first kappa shape index (κ1) is 24.3. The number of hydrogen-bond donors (Lipinski definition) is 0. The number of aromatic nitrogens is 1. The van der Waals surface area contributed by atoms with Crippen molar-refractivity contribution in [2.45, 2.75) is 40.2 Å². The quantitative estimate of drug-likeness (QED) is 0.437. The topological polar surface area (TPSA) is 28.5 Å². The third-order valence-electron chi connectivity index (χ3n) is 7.17. The minimum absolute atomic E-state index is 0.151. The summed E-state index contributed by atoms with van der Waals surface area (Å²) >= 11 is 0. The predicted molar refractivity (Wildman–Crippen MR) is 140 cm³/mol.